The lowest BCUT2D eigenvalue weighted by Gasteiger charge is -2.12. The lowest BCUT2D eigenvalue weighted by Crippen LogP contribution is -2.27. The highest BCUT2D eigenvalue weighted by Gasteiger charge is 2.13. The SMILES string of the molecule is CC(NC(=O)CSc1ccc2c(c1)CCC2)c1cn[nH]c1. The van der Waals surface area contributed by atoms with Crippen LogP contribution in [0.25, 0.3) is 0 Å². The molecule has 1 aromatic carbocycles. The number of aryl methyl sites for hydroxylation is 2. The zero-order valence-electron chi connectivity index (χ0n) is 12.1. The molecule has 0 radical (unpaired) electrons. The van der Waals surface area contributed by atoms with Crippen LogP contribution in [0.4, 0.5) is 0 Å². The van der Waals surface area contributed by atoms with Gasteiger partial charge in [-0.3, -0.25) is 9.89 Å². The number of thioether (sulfide) groups is 1. The number of H-pyrrole nitrogens is 1. The van der Waals surface area contributed by atoms with E-state index in [1.54, 1.807) is 24.2 Å². The fraction of sp³-hybridized carbons (Fsp3) is 0.375. The van der Waals surface area contributed by atoms with Gasteiger partial charge in [0, 0.05) is 16.7 Å². The van der Waals surface area contributed by atoms with Crippen molar-refractivity contribution < 1.29 is 4.79 Å². The maximum Gasteiger partial charge on any atom is 0.230 e. The number of amides is 1. The van der Waals surface area contributed by atoms with Crippen LogP contribution in [0.3, 0.4) is 0 Å². The van der Waals surface area contributed by atoms with Crippen molar-refractivity contribution >= 4 is 17.7 Å². The number of nitrogens with one attached hydrogen (secondary N) is 2. The quantitative estimate of drug-likeness (QED) is 0.835. The summed E-state index contributed by atoms with van der Waals surface area (Å²) in [5, 5.41) is 9.64. The second-order valence-electron chi connectivity index (χ2n) is 5.39. The number of aromatic nitrogens is 2. The van der Waals surface area contributed by atoms with Gasteiger partial charge in [-0.1, -0.05) is 6.07 Å². The van der Waals surface area contributed by atoms with E-state index in [9.17, 15) is 4.79 Å². The van der Waals surface area contributed by atoms with E-state index in [0.29, 0.717) is 5.75 Å². The number of fused-ring (bicyclic) bond motifs is 1. The minimum atomic E-state index is -0.0168. The van der Waals surface area contributed by atoms with Gasteiger partial charge in [0.05, 0.1) is 18.0 Å². The molecule has 1 atom stereocenters. The average molecular weight is 301 g/mol. The molecule has 1 amide bonds. The number of hydrogen-bond acceptors (Lipinski definition) is 3. The normalized spacial score (nSPS) is 14.7. The zero-order valence-corrected chi connectivity index (χ0v) is 12.9. The molecule has 3 rings (SSSR count). The third-order valence-electron chi connectivity index (χ3n) is 3.84. The Morgan fingerprint density at radius 1 is 1.43 bits per heavy atom. The summed E-state index contributed by atoms with van der Waals surface area (Å²) in [4.78, 5) is 13.2. The second-order valence-corrected chi connectivity index (χ2v) is 6.44. The van der Waals surface area contributed by atoms with Crippen molar-refractivity contribution in [1.29, 1.82) is 0 Å². The van der Waals surface area contributed by atoms with E-state index in [0.717, 1.165) is 5.56 Å². The van der Waals surface area contributed by atoms with E-state index in [-0.39, 0.29) is 11.9 Å². The minimum absolute atomic E-state index is 0.0168. The molecule has 2 N–H and O–H groups in total. The van der Waals surface area contributed by atoms with Crippen LogP contribution in [0.15, 0.2) is 35.5 Å². The summed E-state index contributed by atoms with van der Waals surface area (Å²) < 4.78 is 0. The molecular formula is C16H19N3OS. The first-order valence-corrected chi connectivity index (χ1v) is 8.23. The number of benzene rings is 1. The predicted octanol–water partition coefficient (Wildman–Crippen LogP) is 2.87. The molecule has 1 heterocycles. The summed E-state index contributed by atoms with van der Waals surface area (Å²) in [6.07, 6.45) is 7.17. The van der Waals surface area contributed by atoms with Gasteiger partial charge in [-0.25, -0.2) is 0 Å². The number of nitrogens with zero attached hydrogens (tertiary/aromatic N) is 1. The average Bonchev–Trinajstić information content (AvgIpc) is 3.15. The summed E-state index contributed by atoms with van der Waals surface area (Å²) in [5.41, 5.74) is 3.91. The number of rotatable bonds is 5. The molecule has 0 fully saturated rings. The summed E-state index contributed by atoms with van der Waals surface area (Å²) in [6.45, 7) is 1.96. The first-order chi connectivity index (χ1) is 10.2. The first-order valence-electron chi connectivity index (χ1n) is 7.25. The third-order valence-corrected chi connectivity index (χ3v) is 4.83. The van der Waals surface area contributed by atoms with Gasteiger partial charge in [-0.15, -0.1) is 11.8 Å². The van der Waals surface area contributed by atoms with Gasteiger partial charge in [0.2, 0.25) is 5.91 Å². The molecule has 1 aliphatic carbocycles. The molecule has 0 saturated carbocycles. The van der Waals surface area contributed by atoms with Crippen LogP contribution in [0, 0.1) is 0 Å². The maximum atomic E-state index is 12.0. The standard InChI is InChI=1S/C16H19N3OS/c1-11(14-8-17-18-9-14)19-16(20)10-21-15-6-5-12-3-2-4-13(12)7-15/h5-9,11H,2-4,10H2,1H3,(H,17,18)(H,19,20). The van der Waals surface area contributed by atoms with Crippen molar-refractivity contribution in [2.75, 3.05) is 5.75 Å². The highest BCUT2D eigenvalue weighted by molar-refractivity contribution is 8.00. The molecule has 1 aromatic heterocycles. The number of aromatic amines is 1. The molecule has 110 valence electrons. The van der Waals surface area contributed by atoms with Crippen LogP contribution in [0.2, 0.25) is 0 Å². The Bertz CT molecular complexity index is 624. The Labute approximate surface area is 128 Å². The molecule has 1 aliphatic rings. The van der Waals surface area contributed by atoms with Crippen LogP contribution in [0.5, 0.6) is 0 Å². The van der Waals surface area contributed by atoms with E-state index in [1.165, 1.54) is 35.3 Å². The molecule has 4 nitrogen and oxygen atoms in total. The van der Waals surface area contributed by atoms with Gasteiger partial charge < -0.3 is 5.32 Å². The van der Waals surface area contributed by atoms with Crippen LogP contribution < -0.4 is 5.32 Å². The second kappa shape index (κ2) is 6.35. The van der Waals surface area contributed by atoms with Crippen LogP contribution >= 0.6 is 11.8 Å². The minimum Gasteiger partial charge on any atom is -0.349 e. The van der Waals surface area contributed by atoms with E-state index in [4.69, 9.17) is 0 Å². The number of carbonyl (C=O) groups excluding carboxylic acids is 1. The van der Waals surface area contributed by atoms with Crippen LogP contribution in [-0.4, -0.2) is 21.9 Å². The Kier molecular flexibility index (Phi) is 4.29. The fourth-order valence-electron chi connectivity index (χ4n) is 2.65. The largest absolute Gasteiger partial charge is 0.349 e. The van der Waals surface area contributed by atoms with E-state index >= 15 is 0 Å². The molecule has 0 spiro atoms. The number of hydrogen-bond donors (Lipinski definition) is 2. The van der Waals surface area contributed by atoms with Gasteiger partial charge >= 0.3 is 0 Å². The highest BCUT2D eigenvalue weighted by Crippen LogP contribution is 2.27. The van der Waals surface area contributed by atoms with Crippen molar-refractivity contribution in [3.8, 4) is 0 Å². The predicted molar refractivity (Wildman–Crippen MR) is 84.3 cm³/mol. The van der Waals surface area contributed by atoms with Gasteiger partial charge in [0.15, 0.2) is 0 Å². The Balaban J connectivity index is 1.52. The molecule has 1 unspecified atom stereocenters. The lowest BCUT2D eigenvalue weighted by molar-refractivity contribution is -0.119. The van der Waals surface area contributed by atoms with Crippen LogP contribution in [0.1, 0.15) is 36.1 Å². The van der Waals surface area contributed by atoms with E-state index < -0.39 is 0 Å². The lowest BCUT2D eigenvalue weighted by atomic mass is 10.1. The summed E-state index contributed by atoms with van der Waals surface area (Å²) in [7, 11) is 0. The molecule has 5 heteroatoms. The van der Waals surface area contributed by atoms with E-state index in [2.05, 4.69) is 33.7 Å². The van der Waals surface area contributed by atoms with Crippen molar-refractivity contribution in [2.24, 2.45) is 0 Å². The first kappa shape index (κ1) is 14.2. The van der Waals surface area contributed by atoms with Gasteiger partial charge in [-0.05, 0) is 49.4 Å². The van der Waals surface area contributed by atoms with Crippen molar-refractivity contribution in [3.05, 3.63) is 47.3 Å². The molecular weight excluding hydrogens is 282 g/mol. The zero-order chi connectivity index (χ0) is 14.7. The summed E-state index contributed by atoms with van der Waals surface area (Å²) in [6, 6.07) is 6.55. The van der Waals surface area contributed by atoms with E-state index in [1.807, 2.05) is 6.92 Å². The molecule has 21 heavy (non-hydrogen) atoms. The Morgan fingerprint density at radius 3 is 3.10 bits per heavy atom. The monoisotopic (exact) mass is 301 g/mol. The highest BCUT2D eigenvalue weighted by atomic mass is 32.2. The summed E-state index contributed by atoms with van der Waals surface area (Å²) >= 11 is 1.60. The smallest absolute Gasteiger partial charge is 0.230 e. The number of carbonyl (C=O) groups is 1. The van der Waals surface area contributed by atoms with Crippen molar-refractivity contribution in [1.82, 2.24) is 15.5 Å². The fourth-order valence-corrected chi connectivity index (χ4v) is 3.42. The van der Waals surface area contributed by atoms with Gasteiger partial charge in [0.25, 0.3) is 0 Å². The Hall–Kier alpha value is -1.75. The maximum absolute atomic E-state index is 12.0. The molecule has 0 aliphatic heterocycles. The Morgan fingerprint density at radius 2 is 2.29 bits per heavy atom. The molecule has 2 aromatic rings. The van der Waals surface area contributed by atoms with Crippen molar-refractivity contribution in [2.45, 2.75) is 37.1 Å². The van der Waals surface area contributed by atoms with Gasteiger partial charge in [-0.2, -0.15) is 5.10 Å². The molecule has 0 saturated heterocycles. The summed E-state index contributed by atoms with van der Waals surface area (Å²) in [5.74, 6) is 0.496. The molecule has 0 bridgehead atoms. The van der Waals surface area contributed by atoms with Crippen LogP contribution in [-0.2, 0) is 17.6 Å². The third kappa shape index (κ3) is 3.47. The van der Waals surface area contributed by atoms with Gasteiger partial charge in [0.1, 0.15) is 0 Å². The topological polar surface area (TPSA) is 57.8 Å². The van der Waals surface area contributed by atoms with Crippen molar-refractivity contribution in [3.63, 3.8) is 0 Å².